The molecule has 1 aliphatic heterocycles. The Morgan fingerprint density at radius 3 is 2.62 bits per heavy atom. The average Bonchev–Trinajstić information content (AvgIpc) is 2.78. The summed E-state index contributed by atoms with van der Waals surface area (Å²) in [5.41, 5.74) is 1.33. The highest BCUT2D eigenvalue weighted by molar-refractivity contribution is 5.98. The summed E-state index contributed by atoms with van der Waals surface area (Å²) in [7, 11) is 0. The first kappa shape index (κ1) is 14.7. The monoisotopic (exact) mass is 286 g/mol. The maximum Gasteiger partial charge on any atom is 0.355 e. The molecule has 1 aromatic carbocycles. The molecule has 1 fully saturated rings. The lowest BCUT2D eigenvalue weighted by Crippen LogP contribution is -2.23. The van der Waals surface area contributed by atoms with Gasteiger partial charge in [0.1, 0.15) is 0 Å². The van der Waals surface area contributed by atoms with Crippen LogP contribution >= 0.6 is 0 Å². The molecule has 0 amide bonds. The van der Waals surface area contributed by atoms with Gasteiger partial charge in [0, 0.05) is 5.57 Å². The molecule has 1 unspecified atom stereocenters. The highest BCUT2D eigenvalue weighted by Gasteiger charge is 2.36. The molecule has 0 N–H and O–H groups in total. The SMILES string of the molecule is CC(=CC=Cc1ccccc1)C(=O)OC1CC(=O)OC1=O. The van der Waals surface area contributed by atoms with Gasteiger partial charge in [-0.15, -0.1) is 0 Å². The van der Waals surface area contributed by atoms with Crippen LogP contribution < -0.4 is 0 Å². The van der Waals surface area contributed by atoms with Gasteiger partial charge in [-0.25, -0.2) is 9.59 Å². The van der Waals surface area contributed by atoms with Crippen LogP contribution in [-0.2, 0) is 23.9 Å². The summed E-state index contributed by atoms with van der Waals surface area (Å²) in [6.07, 6.45) is 3.77. The number of carbonyl (C=O) groups is 3. The van der Waals surface area contributed by atoms with Crippen molar-refractivity contribution in [2.24, 2.45) is 0 Å². The zero-order valence-electron chi connectivity index (χ0n) is 11.4. The van der Waals surface area contributed by atoms with E-state index in [2.05, 4.69) is 4.74 Å². The Hall–Kier alpha value is -2.69. The molecule has 1 saturated heterocycles. The predicted molar refractivity (Wildman–Crippen MR) is 74.8 cm³/mol. The minimum atomic E-state index is -1.13. The zero-order chi connectivity index (χ0) is 15.2. The van der Waals surface area contributed by atoms with Crippen LogP contribution in [-0.4, -0.2) is 24.0 Å². The van der Waals surface area contributed by atoms with E-state index in [-0.39, 0.29) is 6.42 Å². The van der Waals surface area contributed by atoms with Crippen molar-refractivity contribution in [1.29, 1.82) is 0 Å². The Morgan fingerprint density at radius 1 is 1.29 bits per heavy atom. The van der Waals surface area contributed by atoms with Gasteiger partial charge in [-0.3, -0.25) is 4.79 Å². The Kier molecular flexibility index (Phi) is 4.66. The molecule has 0 spiro atoms. The van der Waals surface area contributed by atoms with Crippen molar-refractivity contribution in [3.05, 3.63) is 53.6 Å². The molecule has 0 aromatic heterocycles. The number of hydrogen-bond acceptors (Lipinski definition) is 5. The van der Waals surface area contributed by atoms with E-state index in [1.165, 1.54) is 0 Å². The molecular weight excluding hydrogens is 272 g/mol. The average molecular weight is 286 g/mol. The second kappa shape index (κ2) is 6.65. The first-order valence-corrected chi connectivity index (χ1v) is 6.42. The van der Waals surface area contributed by atoms with Crippen LogP contribution in [0.3, 0.4) is 0 Å². The topological polar surface area (TPSA) is 69.7 Å². The highest BCUT2D eigenvalue weighted by atomic mass is 16.6. The van der Waals surface area contributed by atoms with E-state index in [1.807, 2.05) is 36.4 Å². The first-order valence-electron chi connectivity index (χ1n) is 6.42. The van der Waals surface area contributed by atoms with Gasteiger partial charge in [-0.2, -0.15) is 0 Å². The van der Waals surface area contributed by atoms with E-state index in [4.69, 9.17) is 4.74 Å². The maximum absolute atomic E-state index is 11.8. The fraction of sp³-hybridized carbons (Fsp3) is 0.188. The minimum Gasteiger partial charge on any atom is -0.446 e. The lowest BCUT2D eigenvalue weighted by Gasteiger charge is -2.06. The molecule has 1 heterocycles. The molecule has 0 aliphatic carbocycles. The number of esters is 3. The fourth-order valence-electron chi connectivity index (χ4n) is 1.70. The number of rotatable bonds is 4. The normalized spacial score (nSPS) is 18.9. The van der Waals surface area contributed by atoms with Gasteiger partial charge < -0.3 is 9.47 Å². The lowest BCUT2D eigenvalue weighted by molar-refractivity contribution is -0.160. The molecule has 2 rings (SSSR count). The van der Waals surface area contributed by atoms with E-state index in [0.29, 0.717) is 5.57 Å². The molecular formula is C16H14O5. The number of benzene rings is 1. The van der Waals surface area contributed by atoms with Crippen molar-refractivity contribution in [1.82, 2.24) is 0 Å². The maximum atomic E-state index is 11.8. The van der Waals surface area contributed by atoms with Crippen LogP contribution in [0.4, 0.5) is 0 Å². The van der Waals surface area contributed by atoms with E-state index >= 15 is 0 Å². The zero-order valence-corrected chi connectivity index (χ0v) is 11.4. The quantitative estimate of drug-likeness (QED) is 0.366. The number of ether oxygens (including phenoxy) is 2. The summed E-state index contributed by atoms with van der Waals surface area (Å²) in [6, 6.07) is 9.59. The highest BCUT2D eigenvalue weighted by Crippen LogP contribution is 2.14. The van der Waals surface area contributed by atoms with Crippen LogP contribution in [0.2, 0.25) is 0 Å². The first-order chi connectivity index (χ1) is 10.1. The van der Waals surface area contributed by atoms with Gasteiger partial charge in [-0.05, 0) is 12.5 Å². The Morgan fingerprint density at radius 2 is 2.00 bits per heavy atom. The van der Waals surface area contributed by atoms with Crippen LogP contribution in [0.15, 0.2) is 48.1 Å². The number of hydrogen-bond donors (Lipinski definition) is 0. The molecule has 1 aliphatic rings. The molecule has 108 valence electrons. The lowest BCUT2D eigenvalue weighted by atomic mass is 10.2. The molecule has 1 aromatic rings. The standard InChI is InChI=1S/C16H14O5/c1-11(6-5-9-12-7-3-2-4-8-12)15(18)20-13-10-14(17)21-16(13)19/h2-9,13H,10H2,1H3. The third-order valence-electron chi connectivity index (χ3n) is 2.84. The summed E-state index contributed by atoms with van der Waals surface area (Å²) in [4.78, 5) is 33.8. The molecule has 5 heteroatoms. The summed E-state index contributed by atoms with van der Waals surface area (Å²) >= 11 is 0. The predicted octanol–water partition coefficient (Wildman–Crippen LogP) is 2.03. The van der Waals surface area contributed by atoms with Gasteiger partial charge in [0.05, 0.1) is 6.42 Å². The minimum absolute atomic E-state index is 0.224. The molecule has 0 radical (unpaired) electrons. The van der Waals surface area contributed by atoms with Crippen molar-refractivity contribution >= 4 is 24.0 Å². The van der Waals surface area contributed by atoms with Gasteiger partial charge in [0.2, 0.25) is 6.10 Å². The molecule has 0 saturated carbocycles. The van der Waals surface area contributed by atoms with Gasteiger partial charge in [-0.1, -0.05) is 48.6 Å². The third kappa shape index (κ3) is 4.14. The molecule has 21 heavy (non-hydrogen) atoms. The molecule has 5 nitrogen and oxygen atoms in total. The van der Waals surface area contributed by atoms with E-state index in [0.717, 1.165) is 5.56 Å². The summed E-state index contributed by atoms with van der Waals surface area (Å²) in [5.74, 6) is -2.14. The van der Waals surface area contributed by atoms with Crippen molar-refractivity contribution in [2.75, 3.05) is 0 Å². The van der Waals surface area contributed by atoms with Crippen molar-refractivity contribution < 1.29 is 23.9 Å². The van der Waals surface area contributed by atoms with Crippen molar-refractivity contribution in [2.45, 2.75) is 19.4 Å². The van der Waals surface area contributed by atoms with E-state index < -0.39 is 24.0 Å². The van der Waals surface area contributed by atoms with Crippen LogP contribution in [0, 0.1) is 0 Å². The van der Waals surface area contributed by atoms with Crippen molar-refractivity contribution in [3.8, 4) is 0 Å². The second-order valence-corrected chi connectivity index (χ2v) is 4.51. The van der Waals surface area contributed by atoms with Crippen LogP contribution in [0.1, 0.15) is 18.9 Å². The fourth-order valence-corrected chi connectivity index (χ4v) is 1.70. The van der Waals surface area contributed by atoms with E-state index in [1.54, 1.807) is 19.1 Å². The summed E-state index contributed by atoms with van der Waals surface area (Å²) in [5, 5.41) is 0. The Labute approximate surface area is 121 Å². The third-order valence-corrected chi connectivity index (χ3v) is 2.84. The van der Waals surface area contributed by atoms with E-state index in [9.17, 15) is 14.4 Å². The van der Waals surface area contributed by atoms with Crippen molar-refractivity contribution in [3.63, 3.8) is 0 Å². The van der Waals surface area contributed by atoms with Crippen LogP contribution in [0.5, 0.6) is 0 Å². The van der Waals surface area contributed by atoms with Gasteiger partial charge in [0.25, 0.3) is 0 Å². The van der Waals surface area contributed by atoms with Crippen LogP contribution in [0.25, 0.3) is 6.08 Å². The van der Waals surface area contributed by atoms with Gasteiger partial charge in [0.15, 0.2) is 0 Å². The summed E-state index contributed by atoms with van der Waals surface area (Å²) in [6.45, 7) is 1.57. The number of carbonyl (C=O) groups excluding carboxylic acids is 3. The molecule has 0 bridgehead atoms. The van der Waals surface area contributed by atoms with Gasteiger partial charge >= 0.3 is 17.9 Å². The Balaban J connectivity index is 1.93. The smallest absolute Gasteiger partial charge is 0.355 e. The molecule has 1 atom stereocenters. The summed E-state index contributed by atoms with van der Waals surface area (Å²) < 4.78 is 9.23. The number of allylic oxidation sites excluding steroid dienone is 2. The second-order valence-electron chi connectivity index (χ2n) is 4.51. The number of cyclic esters (lactones) is 2. The Bertz CT molecular complexity index is 613. The largest absolute Gasteiger partial charge is 0.446 e.